The molecular weight excluding hydrogens is 789 g/mol. The van der Waals surface area contributed by atoms with E-state index in [1.54, 1.807) is 0 Å². The molecule has 0 radical (unpaired) electrons. The van der Waals surface area contributed by atoms with E-state index < -0.39 is 69.9 Å². The molecule has 51 heavy (non-hydrogen) atoms. The first-order valence-electron chi connectivity index (χ1n) is 19.4. The molecule has 4 atom stereocenters. The van der Waals surface area contributed by atoms with Gasteiger partial charge >= 0.3 is 61.6 Å². The van der Waals surface area contributed by atoms with Crippen molar-refractivity contribution in [1.82, 2.24) is 0 Å². The Hall–Kier alpha value is 1.26. The van der Waals surface area contributed by atoms with Crippen LogP contribution in [-0.4, -0.2) is 79.5 Å². The SMILES string of the molecule is CC(C)C[Si]1(O)O[Si]2(CC(C)C)O[Si](O)(CC(C)C)O[Si]3(CC(C)C)O[Si](CC(C)C)(O[Si](C)(C)C)O[Si](CC(C)C)(O1)O[Si](CC(C)C)(O2)O3. The summed E-state index contributed by atoms with van der Waals surface area (Å²) in [6.45, 7) is 35.4. The molecule has 0 aromatic heterocycles. The first-order valence-corrected chi connectivity index (χ1v) is 36.5. The predicted molar refractivity (Wildman–Crippen MR) is 216 cm³/mol. The van der Waals surface area contributed by atoms with Crippen LogP contribution in [-0.2, 0) is 41.2 Å². The van der Waals surface area contributed by atoms with Gasteiger partial charge in [-0.15, -0.1) is 0 Å². The molecular formula is C31H74O12Si8. The minimum absolute atomic E-state index is 0.00592. The third-order valence-electron chi connectivity index (χ3n) is 7.90. The zero-order chi connectivity index (χ0) is 39.1. The lowest BCUT2D eigenvalue weighted by molar-refractivity contribution is 0.00456. The van der Waals surface area contributed by atoms with Crippen LogP contribution in [0.15, 0.2) is 0 Å². The molecule has 0 aliphatic carbocycles. The predicted octanol–water partition coefficient (Wildman–Crippen LogP) is 8.18. The second-order valence-corrected chi connectivity index (χ2v) is 44.1. The van der Waals surface area contributed by atoms with E-state index in [4.69, 9.17) is 41.2 Å². The lowest BCUT2D eigenvalue weighted by Gasteiger charge is -2.58. The van der Waals surface area contributed by atoms with Gasteiger partial charge in [0.15, 0.2) is 8.32 Å². The van der Waals surface area contributed by atoms with E-state index in [1.165, 1.54) is 0 Å². The van der Waals surface area contributed by atoms with E-state index in [-0.39, 0.29) is 53.5 Å². The second-order valence-electron chi connectivity index (χ2n) is 19.2. The first-order chi connectivity index (χ1) is 23.0. The fourth-order valence-electron chi connectivity index (χ4n) is 7.30. The molecule has 0 saturated carbocycles. The third kappa shape index (κ3) is 13.4. The smallest absolute Gasteiger partial charge is 0.417 e. The molecule has 3 fully saturated rings. The highest BCUT2D eigenvalue weighted by Gasteiger charge is 2.77. The number of hydrogen-bond acceptors (Lipinski definition) is 12. The molecule has 0 spiro atoms. The van der Waals surface area contributed by atoms with Gasteiger partial charge in [-0.1, -0.05) is 96.9 Å². The van der Waals surface area contributed by atoms with Crippen LogP contribution < -0.4 is 0 Å². The maximum atomic E-state index is 12.9. The van der Waals surface area contributed by atoms with Crippen molar-refractivity contribution in [2.45, 2.75) is 159 Å². The molecule has 302 valence electrons. The Morgan fingerprint density at radius 1 is 0.373 bits per heavy atom. The van der Waals surface area contributed by atoms with Gasteiger partial charge in [-0.05, 0) is 61.1 Å². The van der Waals surface area contributed by atoms with Crippen molar-refractivity contribution >= 4 is 69.9 Å². The summed E-state index contributed by atoms with van der Waals surface area (Å²) in [5, 5.41) is 0. The van der Waals surface area contributed by atoms with Crippen LogP contribution in [0.3, 0.4) is 0 Å². The summed E-state index contributed by atoms with van der Waals surface area (Å²) in [7, 11) is -31.0. The van der Waals surface area contributed by atoms with Gasteiger partial charge < -0.3 is 50.7 Å². The molecule has 4 bridgehead atoms. The van der Waals surface area contributed by atoms with Crippen LogP contribution in [0.4, 0.5) is 0 Å². The van der Waals surface area contributed by atoms with Crippen molar-refractivity contribution in [2.24, 2.45) is 41.4 Å². The molecule has 2 N–H and O–H groups in total. The van der Waals surface area contributed by atoms with E-state index in [0.717, 1.165) is 0 Å². The van der Waals surface area contributed by atoms with E-state index in [1.807, 2.05) is 27.7 Å². The average Bonchev–Trinajstić information content (AvgIpc) is 2.74. The molecule has 3 saturated heterocycles. The van der Waals surface area contributed by atoms with Crippen molar-refractivity contribution in [3.63, 3.8) is 0 Å². The van der Waals surface area contributed by atoms with Crippen LogP contribution >= 0.6 is 0 Å². The maximum Gasteiger partial charge on any atom is 0.483 e. The molecule has 12 nitrogen and oxygen atoms in total. The lowest BCUT2D eigenvalue weighted by atomic mass is 10.3. The first kappa shape index (κ1) is 46.6. The van der Waals surface area contributed by atoms with Crippen molar-refractivity contribution in [3.8, 4) is 0 Å². The minimum atomic E-state index is -4.26. The van der Waals surface area contributed by atoms with Gasteiger partial charge in [-0.25, -0.2) is 0 Å². The quantitative estimate of drug-likeness (QED) is 0.145. The summed E-state index contributed by atoms with van der Waals surface area (Å²) in [6, 6.07) is 2.34. The van der Waals surface area contributed by atoms with Crippen molar-refractivity contribution in [3.05, 3.63) is 0 Å². The molecule has 3 aliphatic rings. The Bertz CT molecular complexity index is 1090. The second kappa shape index (κ2) is 17.0. The maximum absolute atomic E-state index is 12.9. The third-order valence-corrected chi connectivity index (χ3v) is 43.4. The molecule has 3 rings (SSSR count). The molecule has 0 aromatic rings. The van der Waals surface area contributed by atoms with Gasteiger partial charge in [0.25, 0.3) is 0 Å². The van der Waals surface area contributed by atoms with Gasteiger partial charge in [0, 0.05) is 42.3 Å². The van der Waals surface area contributed by atoms with E-state index in [2.05, 4.69) is 88.9 Å². The minimum Gasteiger partial charge on any atom is -0.417 e. The Kier molecular flexibility index (Phi) is 15.5. The molecule has 4 unspecified atom stereocenters. The molecule has 0 aromatic carbocycles. The van der Waals surface area contributed by atoms with Crippen molar-refractivity contribution in [2.75, 3.05) is 0 Å². The van der Waals surface area contributed by atoms with Crippen LogP contribution in [0.2, 0.25) is 61.9 Å². The summed E-state index contributed by atoms with van der Waals surface area (Å²) in [5.74, 6) is 0.263. The summed E-state index contributed by atoms with van der Waals surface area (Å²) >= 11 is 0. The van der Waals surface area contributed by atoms with Crippen LogP contribution in [0, 0.1) is 41.4 Å². The summed E-state index contributed by atoms with van der Waals surface area (Å²) in [6.07, 6.45) is 0. The Labute approximate surface area is 319 Å². The largest absolute Gasteiger partial charge is 0.483 e. The highest BCUT2D eigenvalue weighted by molar-refractivity contribution is 6.99. The number of rotatable bonds is 16. The van der Waals surface area contributed by atoms with Crippen molar-refractivity contribution < 1.29 is 50.7 Å². The van der Waals surface area contributed by atoms with E-state index >= 15 is 0 Å². The van der Waals surface area contributed by atoms with Gasteiger partial charge in [-0.3, -0.25) is 0 Å². The normalized spacial score (nSPS) is 38.2. The molecule has 20 heteroatoms. The zero-order valence-corrected chi connectivity index (χ0v) is 43.0. The Morgan fingerprint density at radius 2 is 0.608 bits per heavy atom. The molecule has 3 aliphatic heterocycles. The highest BCUT2D eigenvalue weighted by atomic mass is 28.6. The number of hydrogen-bond donors (Lipinski definition) is 2. The molecule has 3 heterocycles. The van der Waals surface area contributed by atoms with E-state index in [0.29, 0.717) is 30.2 Å². The monoisotopic (exact) mass is 862 g/mol. The molecule has 0 amide bonds. The van der Waals surface area contributed by atoms with Gasteiger partial charge in [-0.2, -0.15) is 0 Å². The summed E-state index contributed by atoms with van der Waals surface area (Å²) in [5.41, 5.74) is 0. The van der Waals surface area contributed by atoms with Crippen molar-refractivity contribution in [1.29, 1.82) is 0 Å². The van der Waals surface area contributed by atoms with Gasteiger partial charge in [0.2, 0.25) is 0 Å². The fraction of sp³-hybridized carbons (Fsp3) is 1.00. The summed E-state index contributed by atoms with van der Waals surface area (Å²) in [4.78, 5) is 25.8. The Balaban J connectivity index is 2.61. The zero-order valence-electron chi connectivity index (χ0n) is 35.0. The van der Waals surface area contributed by atoms with E-state index in [9.17, 15) is 9.59 Å². The standard InChI is InChI=1S/C31H74O12Si8/c1-25(2)18-45(32)35-48(21-28(7)8)36-46(33,19-26(3)4)38-50(23-30(11)12)40-47(20-27(5)6,34-44(15,16)17)39-49(37-45,22-29(9)10)42-51(41-48,43-50)24-31(13)14/h25-33H,18-24H2,1-17H3. The summed E-state index contributed by atoms with van der Waals surface area (Å²) < 4.78 is 73.6. The average molecular weight is 864 g/mol. The topological polar surface area (TPSA) is 133 Å². The lowest BCUT2D eigenvalue weighted by Crippen LogP contribution is -2.83. The Morgan fingerprint density at radius 3 is 0.843 bits per heavy atom. The van der Waals surface area contributed by atoms with Crippen LogP contribution in [0.5, 0.6) is 0 Å². The van der Waals surface area contributed by atoms with Gasteiger partial charge in [0.1, 0.15) is 0 Å². The number of fused-ring (bicyclic) bond motifs is 3. The van der Waals surface area contributed by atoms with Gasteiger partial charge in [0.05, 0.1) is 0 Å². The highest BCUT2D eigenvalue weighted by Crippen LogP contribution is 2.50. The van der Waals surface area contributed by atoms with Crippen LogP contribution in [0.25, 0.3) is 0 Å². The van der Waals surface area contributed by atoms with Crippen LogP contribution in [0.1, 0.15) is 96.9 Å². The fourth-order valence-corrected chi connectivity index (χ4v) is 50.9.